The van der Waals surface area contributed by atoms with Gasteiger partial charge in [-0.25, -0.2) is 9.48 Å². The van der Waals surface area contributed by atoms with Crippen LogP contribution in [0.1, 0.15) is 24.1 Å². The van der Waals surface area contributed by atoms with E-state index in [9.17, 15) is 4.79 Å². The molecule has 8 nitrogen and oxygen atoms in total. The first kappa shape index (κ1) is 17.3. The lowest BCUT2D eigenvalue weighted by Gasteiger charge is -2.29. The van der Waals surface area contributed by atoms with Crippen LogP contribution in [-0.2, 0) is 9.53 Å². The zero-order chi connectivity index (χ0) is 19.8. The molecule has 8 heteroatoms. The summed E-state index contributed by atoms with van der Waals surface area (Å²) in [6, 6.07) is 14.7. The topological polar surface area (TPSA) is 87.5 Å². The summed E-state index contributed by atoms with van der Waals surface area (Å²) in [5.41, 5.74) is 2.77. The van der Waals surface area contributed by atoms with Crippen molar-refractivity contribution in [2.75, 3.05) is 18.7 Å². The van der Waals surface area contributed by atoms with E-state index in [0.29, 0.717) is 28.7 Å². The lowest BCUT2D eigenvalue weighted by Crippen LogP contribution is -2.30. The summed E-state index contributed by atoms with van der Waals surface area (Å²) in [7, 11) is 0. The molecule has 29 heavy (non-hydrogen) atoms. The van der Waals surface area contributed by atoms with Crippen molar-refractivity contribution in [2.24, 2.45) is 0 Å². The summed E-state index contributed by atoms with van der Waals surface area (Å²) < 4.78 is 18.1. The van der Waals surface area contributed by atoms with Gasteiger partial charge >= 0.3 is 5.97 Å². The van der Waals surface area contributed by atoms with Gasteiger partial charge < -0.3 is 19.5 Å². The van der Waals surface area contributed by atoms with E-state index in [1.54, 1.807) is 11.6 Å². The van der Waals surface area contributed by atoms with Crippen molar-refractivity contribution >= 4 is 17.6 Å². The van der Waals surface area contributed by atoms with Crippen LogP contribution in [0.25, 0.3) is 5.70 Å². The molecule has 0 saturated carbocycles. The standard InChI is InChI=1S/C21H18N4O4/c1-2-27-20(26)17-18(13-6-4-3-5-7-13)24-21-22-11-23-25(21)19(17)14-8-9-15-16(10-14)29-12-28-15/h3-11,19H,2,12H2,1H3,(H,22,23,24)/t19-/m1/s1. The van der Waals surface area contributed by atoms with Crippen molar-refractivity contribution in [1.29, 1.82) is 0 Å². The van der Waals surface area contributed by atoms with Gasteiger partial charge in [0.1, 0.15) is 12.4 Å². The molecule has 2 aliphatic rings. The fraction of sp³-hybridized carbons (Fsp3) is 0.190. The lowest BCUT2D eigenvalue weighted by atomic mass is 9.92. The third-order valence-corrected chi connectivity index (χ3v) is 4.87. The first-order chi connectivity index (χ1) is 14.3. The van der Waals surface area contributed by atoms with E-state index >= 15 is 0 Å². The van der Waals surface area contributed by atoms with Crippen LogP contribution in [0.3, 0.4) is 0 Å². The summed E-state index contributed by atoms with van der Waals surface area (Å²) in [6.45, 7) is 2.23. The third kappa shape index (κ3) is 2.89. The molecule has 0 bridgehead atoms. The summed E-state index contributed by atoms with van der Waals surface area (Å²) in [5.74, 6) is 1.43. The van der Waals surface area contributed by atoms with Gasteiger partial charge in [-0.3, -0.25) is 0 Å². The largest absolute Gasteiger partial charge is 0.463 e. The highest BCUT2D eigenvalue weighted by molar-refractivity contribution is 6.02. The quantitative estimate of drug-likeness (QED) is 0.685. The van der Waals surface area contributed by atoms with E-state index in [1.165, 1.54) is 6.33 Å². The van der Waals surface area contributed by atoms with Gasteiger partial charge in [-0.1, -0.05) is 36.4 Å². The number of esters is 1. The molecule has 1 N–H and O–H groups in total. The summed E-state index contributed by atoms with van der Waals surface area (Å²) in [4.78, 5) is 17.4. The molecule has 0 amide bonds. The minimum absolute atomic E-state index is 0.176. The number of carbonyl (C=O) groups is 1. The number of carbonyl (C=O) groups excluding carboxylic acids is 1. The Kier molecular flexibility index (Phi) is 4.16. The zero-order valence-corrected chi connectivity index (χ0v) is 15.7. The number of nitrogens with zero attached hydrogens (tertiary/aromatic N) is 3. The van der Waals surface area contributed by atoms with Crippen LogP contribution in [0.4, 0.5) is 5.95 Å². The Labute approximate surface area is 166 Å². The fourth-order valence-electron chi connectivity index (χ4n) is 3.61. The molecule has 1 atom stereocenters. The number of hydrogen-bond donors (Lipinski definition) is 1. The van der Waals surface area contributed by atoms with E-state index in [1.807, 2.05) is 48.5 Å². The molecule has 0 spiro atoms. The number of anilines is 1. The number of nitrogens with one attached hydrogen (secondary N) is 1. The highest BCUT2D eigenvalue weighted by Crippen LogP contribution is 2.42. The van der Waals surface area contributed by atoms with E-state index in [-0.39, 0.29) is 13.4 Å². The Morgan fingerprint density at radius 3 is 2.86 bits per heavy atom. The van der Waals surface area contributed by atoms with Crippen LogP contribution in [0.2, 0.25) is 0 Å². The number of aromatic nitrogens is 3. The van der Waals surface area contributed by atoms with Crippen molar-refractivity contribution in [2.45, 2.75) is 13.0 Å². The molecule has 146 valence electrons. The number of ether oxygens (including phenoxy) is 3. The average Bonchev–Trinajstić information content (AvgIpc) is 3.41. The second-order valence-corrected chi connectivity index (χ2v) is 6.54. The second kappa shape index (κ2) is 6.97. The van der Waals surface area contributed by atoms with Crippen molar-refractivity contribution < 1.29 is 19.0 Å². The zero-order valence-electron chi connectivity index (χ0n) is 15.7. The summed E-state index contributed by atoms with van der Waals surface area (Å²) in [5, 5.41) is 7.60. The van der Waals surface area contributed by atoms with Gasteiger partial charge in [0, 0.05) is 0 Å². The SMILES string of the molecule is CCOC(=O)C1=C(c2ccccc2)Nc2ncnn2[C@@H]1c1ccc2c(c1)OCO2. The van der Waals surface area contributed by atoms with Gasteiger partial charge in [0.05, 0.1) is 17.9 Å². The maximum Gasteiger partial charge on any atom is 0.338 e. The smallest absolute Gasteiger partial charge is 0.338 e. The lowest BCUT2D eigenvalue weighted by molar-refractivity contribution is -0.138. The van der Waals surface area contributed by atoms with Gasteiger partial charge in [0.2, 0.25) is 12.7 Å². The molecule has 0 saturated heterocycles. The summed E-state index contributed by atoms with van der Waals surface area (Å²) in [6.07, 6.45) is 1.46. The molecular weight excluding hydrogens is 372 g/mol. The Morgan fingerprint density at radius 1 is 1.21 bits per heavy atom. The van der Waals surface area contributed by atoms with Gasteiger partial charge in [0.25, 0.3) is 0 Å². The molecular formula is C21H18N4O4. The molecule has 2 aromatic carbocycles. The Hall–Kier alpha value is -3.81. The van der Waals surface area contributed by atoms with Crippen LogP contribution in [0.5, 0.6) is 11.5 Å². The van der Waals surface area contributed by atoms with Gasteiger partial charge in [-0.15, -0.1) is 0 Å². The van der Waals surface area contributed by atoms with Crippen molar-refractivity contribution in [3.8, 4) is 11.5 Å². The first-order valence-corrected chi connectivity index (χ1v) is 9.29. The Morgan fingerprint density at radius 2 is 2.03 bits per heavy atom. The molecule has 3 aromatic rings. The Balaban J connectivity index is 1.73. The maximum absolute atomic E-state index is 13.1. The minimum atomic E-state index is -0.530. The fourth-order valence-corrected chi connectivity index (χ4v) is 3.61. The third-order valence-electron chi connectivity index (χ3n) is 4.87. The van der Waals surface area contributed by atoms with Crippen molar-refractivity contribution in [3.63, 3.8) is 0 Å². The maximum atomic E-state index is 13.1. The highest BCUT2D eigenvalue weighted by Gasteiger charge is 2.36. The van der Waals surface area contributed by atoms with Gasteiger partial charge in [-0.05, 0) is 30.2 Å². The molecule has 0 radical (unpaired) electrons. The van der Waals surface area contributed by atoms with Gasteiger partial charge in [-0.2, -0.15) is 10.1 Å². The molecule has 0 fully saturated rings. The number of fused-ring (bicyclic) bond motifs is 2. The van der Waals surface area contributed by atoms with Crippen molar-refractivity contribution in [3.05, 3.63) is 71.6 Å². The van der Waals surface area contributed by atoms with Crippen LogP contribution in [0.15, 0.2) is 60.4 Å². The van der Waals surface area contributed by atoms with Crippen LogP contribution >= 0.6 is 0 Å². The molecule has 1 aromatic heterocycles. The van der Waals surface area contributed by atoms with E-state index in [2.05, 4.69) is 15.4 Å². The number of rotatable bonds is 4. The van der Waals surface area contributed by atoms with Crippen LogP contribution < -0.4 is 14.8 Å². The van der Waals surface area contributed by atoms with E-state index in [0.717, 1.165) is 11.1 Å². The molecule has 2 aliphatic heterocycles. The molecule has 5 rings (SSSR count). The average molecular weight is 390 g/mol. The van der Waals surface area contributed by atoms with Crippen LogP contribution in [0, 0.1) is 0 Å². The predicted molar refractivity (Wildman–Crippen MR) is 104 cm³/mol. The first-order valence-electron chi connectivity index (χ1n) is 9.29. The molecule has 0 unspecified atom stereocenters. The predicted octanol–water partition coefficient (Wildman–Crippen LogP) is 3.00. The second-order valence-electron chi connectivity index (χ2n) is 6.54. The molecule has 3 heterocycles. The summed E-state index contributed by atoms with van der Waals surface area (Å²) >= 11 is 0. The number of hydrogen-bond acceptors (Lipinski definition) is 7. The normalized spacial score (nSPS) is 16.9. The van der Waals surface area contributed by atoms with E-state index < -0.39 is 12.0 Å². The highest BCUT2D eigenvalue weighted by atomic mass is 16.7. The molecule has 0 aliphatic carbocycles. The van der Waals surface area contributed by atoms with Crippen molar-refractivity contribution in [1.82, 2.24) is 14.8 Å². The van der Waals surface area contributed by atoms with Crippen LogP contribution in [-0.4, -0.2) is 34.1 Å². The number of benzene rings is 2. The monoisotopic (exact) mass is 390 g/mol. The minimum Gasteiger partial charge on any atom is -0.463 e. The van der Waals surface area contributed by atoms with E-state index in [4.69, 9.17) is 14.2 Å². The Bertz CT molecular complexity index is 1110. The van der Waals surface area contributed by atoms with Gasteiger partial charge in [0.15, 0.2) is 11.5 Å².